The van der Waals surface area contributed by atoms with Gasteiger partial charge in [-0.05, 0) is 42.9 Å². The van der Waals surface area contributed by atoms with Gasteiger partial charge in [0, 0.05) is 20.1 Å². The maximum Gasteiger partial charge on any atom is 0.325 e. The summed E-state index contributed by atoms with van der Waals surface area (Å²) in [5.41, 5.74) is 2.19. The molecule has 9 heteroatoms. The summed E-state index contributed by atoms with van der Waals surface area (Å²) < 4.78 is 6.02. The summed E-state index contributed by atoms with van der Waals surface area (Å²) in [5.74, 6) is 1.36. The van der Waals surface area contributed by atoms with Gasteiger partial charge in [-0.25, -0.2) is 9.79 Å². The van der Waals surface area contributed by atoms with Crippen LogP contribution < -0.4 is 10.1 Å². The minimum absolute atomic E-state index is 0.0979. The molecule has 0 bridgehead atoms. The number of rotatable bonds is 6. The highest BCUT2D eigenvalue weighted by Crippen LogP contribution is 2.29. The minimum Gasteiger partial charge on any atom is -0.491 e. The summed E-state index contributed by atoms with van der Waals surface area (Å²) in [4.78, 5) is 35.0. The van der Waals surface area contributed by atoms with Gasteiger partial charge >= 0.3 is 6.03 Å². The molecule has 32 heavy (non-hydrogen) atoms. The number of ether oxygens (including phenoxy) is 1. The smallest absolute Gasteiger partial charge is 0.325 e. The Morgan fingerprint density at radius 3 is 2.66 bits per heavy atom. The van der Waals surface area contributed by atoms with Gasteiger partial charge in [0.15, 0.2) is 18.2 Å². The summed E-state index contributed by atoms with van der Waals surface area (Å²) in [7, 11) is 1.64. The zero-order valence-corrected chi connectivity index (χ0v) is 19.2. The second kappa shape index (κ2) is 8.97. The van der Waals surface area contributed by atoms with Crippen LogP contribution in [-0.4, -0.2) is 89.3 Å². The average Bonchev–Trinajstić information content (AvgIpc) is 3.38. The molecule has 0 radical (unpaired) electrons. The lowest BCUT2D eigenvalue weighted by Crippen LogP contribution is -2.65. The number of benzene rings is 1. The van der Waals surface area contributed by atoms with Crippen molar-refractivity contribution in [3.63, 3.8) is 0 Å². The molecule has 2 N–H and O–H groups in total. The Kier molecular flexibility index (Phi) is 6.28. The van der Waals surface area contributed by atoms with Gasteiger partial charge < -0.3 is 24.5 Å². The van der Waals surface area contributed by atoms with Crippen LogP contribution in [-0.2, 0) is 4.79 Å². The van der Waals surface area contributed by atoms with Gasteiger partial charge in [0.05, 0.1) is 6.54 Å². The quantitative estimate of drug-likeness (QED) is 0.692. The number of aryl methyl sites for hydroxylation is 1. The highest BCUT2D eigenvalue weighted by Gasteiger charge is 2.50. The number of imide groups is 1. The Hall–Kier alpha value is -2.81. The predicted molar refractivity (Wildman–Crippen MR) is 121 cm³/mol. The number of hydrogen-bond acceptors (Lipinski definition) is 7. The van der Waals surface area contributed by atoms with Crippen molar-refractivity contribution in [2.45, 2.75) is 57.8 Å². The fourth-order valence-corrected chi connectivity index (χ4v) is 4.60. The van der Waals surface area contributed by atoms with Crippen molar-refractivity contribution in [1.82, 2.24) is 20.0 Å². The first-order valence-corrected chi connectivity index (χ1v) is 11.3. The maximum atomic E-state index is 12.7. The van der Waals surface area contributed by atoms with E-state index in [0.717, 1.165) is 42.8 Å². The van der Waals surface area contributed by atoms with Crippen LogP contribution in [0.2, 0.25) is 0 Å². The Morgan fingerprint density at radius 2 is 1.97 bits per heavy atom. The zero-order chi connectivity index (χ0) is 23.0. The molecular formula is C23H33N5O4. The number of β-amino-alcohol motifs (C(OH)–C–C–N with tert-alkyl or cyclic N) is 1. The van der Waals surface area contributed by atoms with Gasteiger partial charge in [0.1, 0.15) is 18.5 Å². The summed E-state index contributed by atoms with van der Waals surface area (Å²) >= 11 is 0. The zero-order valence-electron chi connectivity index (χ0n) is 19.2. The number of urea groups is 1. The van der Waals surface area contributed by atoms with Crippen molar-refractivity contribution in [2.24, 2.45) is 4.99 Å². The van der Waals surface area contributed by atoms with Crippen molar-refractivity contribution < 1.29 is 19.4 Å². The average molecular weight is 444 g/mol. The van der Waals surface area contributed by atoms with Crippen LogP contribution in [0.3, 0.4) is 0 Å². The number of guanidine groups is 1. The van der Waals surface area contributed by atoms with E-state index in [1.807, 2.05) is 17.9 Å². The van der Waals surface area contributed by atoms with Gasteiger partial charge in [-0.15, -0.1) is 0 Å². The van der Waals surface area contributed by atoms with E-state index in [1.165, 1.54) is 4.90 Å². The third kappa shape index (κ3) is 4.26. The number of nitrogens with one attached hydrogen (secondary N) is 1. The normalized spacial score (nSPS) is 24.1. The number of aliphatic imine (C=N–C) groups is 1. The van der Waals surface area contributed by atoms with E-state index in [1.54, 1.807) is 7.05 Å². The summed E-state index contributed by atoms with van der Waals surface area (Å²) in [6.07, 6.45) is 0.683. The Morgan fingerprint density at radius 1 is 1.25 bits per heavy atom. The van der Waals surface area contributed by atoms with E-state index in [-0.39, 0.29) is 19.1 Å². The molecule has 174 valence electrons. The van der Waals surface area contributed by atoms with Gasteiger partial charge in [-0.1, -0.05) is 26.0 Å². The molecule has 3 aliphatic heterocycles. The molecule has 1 aromatic carbocycles. The largest absolute Gasteiger partial charge is 0.491 e. The topological polar surface area (TPSA) is 97.7 Å². The van der Waals surface area contributed by atoms with E-state index >= 15 is 0 Å². The molecule has 3 amide bonds. The molecule has 3 heterocycles. The monoisotopic (exact) mass is 443 g/mol. The number of carbonyl (C=O) groups is 2. The van der Waals surface area contributed by atoms with Gasteiger partial charge in [0.25, 0.3) is 5.91 Å². The molecule has 0 aliphatic carbocycles. The molecule has 0 saturated carbocycles. The Bertz CT molecular complexity index is 912. The molecule has 4 rings (SSSR count). The number of amides is 3. The van der Waals surface area contributed by atoms with Crippen molar-refractivity contribution in [1.29, 1.82) is 0 Å². The lowest BCUT2D eigenvalue weighted by atomic mass is 10.0. The lowest BCUT2D eigenvalue weighted by molar-refractivity contribution is -0.127. The van der Waals surface area contributed by atoms with Gasteiger partial charge in [-0.3, -0.25) is 10.1 Å². The van der Waals surface area contributed by atoms with Crippen LogP contribution in [0.5, 0.6) is 5.75 Å². The lowest BCUT2D eigenvalue weighted by Gasteiger charge is -2.37. The van der Waals surface area contributed by atoms with Gasteiger partial charge in [0.2, 0.25) is 0 Å². The third-order valence-corrected chi connectivity index (χ3v) is 6.36. The second-order valence-electron chi connectivity index (χ2n) is 9.20. The van der Waals surface area contributed by atoms with E-state index in [9.17, 15) is 14.7 Å². The van der Waals surface area contributed by atoms with Crippen LogP contribution >= 0.6 is 0 Å². The highest BCUT2D eigenvalue weighted by molar-refractivity contribution is 6.03. The Labute approximate surface area is 189 Å². The van der Waals surface area contributed by atoms with Crippen LogP contribution in [0, 0.1) is 6.92 Å². The first-order valence-electron chi connectivity index (χ1n) is 11.3. The number of likely N-dealkylation sites (tertiary alicyclic amines) is 1. The number of nitrogens with zero attached hydrogens (tertiary/aromatic N) is 4. The van der Waals surface area contributed by atoms with E-state index in [4.69, 9.17) is 9.73 Å². The number of aliphatic hydroxyl groups excluding tert-OH is 1. The first kappa shape index (κ1) is 22.4. The third-order valence-electron chi connectivity index (χ3n) is 6.36. The van der Waals surface area contributed by atoms with Crippen LogP contribution in [0.25, 0.3) is 0 Å². The van der Waals surface area contributed by atoms with Crippen molar-refractivity contribution >= 4 is 17.9 Å². The standard InChI is InChI=1S/C23H33N5O4/c1-14(2)17-8-7-15(3)11-18(17)32-13-16(29)12-28-19-20(26(4)23(31)25-21(19)30)24-22(28)27-9-5-6-10-27/h7-8,11,14,16,19-20,29H,5-6,9-10,12-13H2,1-4H3,(H,25,30,31). The molecule has 3 aliphatic rings. The molecule has 0 aromatic heterocycles. The van der Waals surface area contributed by atoms with Crippen LogP contribution in [0.15, 0.2) is 23.2 Å². The molecule has 2 fully saturated rings. The molecule has 0 spiro atoms. The fraction of sp³-hybridized carbons (Fsp3) is 0.609. The predicted octanol–water partition coefficient (Wildman–Crippen LogP) is 1.50. The number of hydrogen-bond donors (Lipinski definition) is 2. The summed E-state index contributed by atoms with van der Waals surface area (Å²) in [6.45, 7) is 8.21. The number of likely N-dealkylation sites (N-methyl/N-ethyl adjacent to an activating group) is 1. The highest BCUT2D eigenvalue weighted by atomic mass is 16.5. The van der Waals surface area contributed by atoms with Crippen molar-refractivity contribution in [2.75, 3.05) is 33.3 Å². The molecule has 2 saturated heterocycles. The summed E-state index contributed by atoms with van der Waals surface area (Å²) in [5, 5.41) is 13.3. The van der Waals surface area contributed by atoms with Crippen LogP contribution in [0.1, 0.15) is 43.7 Å². The van der Waals surface area contributed by atoms with Gasteiger partial charge in [-0.2, -0.15) is 0 Å². The minimum atomic E-state index is -0.835. The summed E-state index contributed by atoms with van der Waals surface area (Å²) in [6, 6.07) is 4.99. The Balaban J connectivity index is 1.50. The van der Waals surface area contributed by atoms with Crippen LogP contribution in [0.4, 0.5) is 4.79 Å². The van der Waals surface area contributed by atoms with Crippen molar-refractivity contribution in [3.8, 4) is 5.75 Å². The molecular weight excluding hydrogens is 410 g/mol. The number of carbonyl (C=O) groups excluding carboxylic acids is 2. The van der Waals surface area contributed by atoms with Crippen molar-refractivity contribution in [3.05, 3.63) is 29.3 Å². The van der Waals surface area contributed by atoms with E-state index in [0.29, 0.717) is 11.9 Å². The van der Waals surface area contributed by atoms with E-state index in [2.05, 4.69) is 36.2 Å². The maximum absolute atomic E-state index is 12.7. The second-order valence-corrected chi connectivity index (χ2v) is 9.20. The number of aliphatic hydroxyl groups is 1. The molecule has 9 nitrogen and oxygen atoms in total. The first-order chi connectivity index (χ1) is 15.3. The molecule has 3 unspecified atom stereocenters. The number of fused-ring (bicyclic) bond motifs is 1. The molecule has 1 aromatic rings. The SMILES string of the molecule is Cc1ccc(C(C)C)c(OCC(O)CN2C(N3CCCC3)=NC3C2C(=O)NC(=O)N3C)c1. The fourth-order valence-electron chi connectivity index (χ4n) is 4.60. The molecule has 3 atom stereocenters. The van der Waals surface area contributed by atoms with E-state index < -0.39 is 24.3 Å².